The molecule has 1 saturated heterocycles. The number of hydrogen-bond acceptors (Lipinski definition) is 6. The monoisotopic (exact) mass is 488 g/mol. The largest absolute Gasteiger partial charge is 0.492 e. The normalized spacial score (nSPS) is 15.1. The van der Waals surface area contributed by atoms with Crippen molar-refractivity contribution in [1.29, 1.82) is 0 Å². The third kappa shape index (κ3) is 7.07. The van der Waals surface area contributed by atoms with Gasteiger partial charge < -0.3 is 19.5 Å². The molecule has 0 aromatic heterocycles. The third-order valence-electron chi connectivity index (χ3n) is 4.66. The molecule has 33 heavy (non-hydrogen) atoms. The van der Waals surface area contributed by atoms with E-state index in [-0.39, 0.29) is 23.8 Å². The summed E-state index contributed by atoms with van der Waals surface area (Å²) in [6.07, 6.45) is -4.50. The van der Waals surface area contributed by atoms with Crippen molar-refractivity contribution >= 4 is 15.9 Å². The molecule has 0 saturated carbocycles. The first-order valence-electron chi connectivity index (χ1n) is 10.0. The number of carbonyl (C=O) groups is 1. The predicted octanol–water partition coefficient (Wildman–Crippen LogP) is 2.30. The lowest BCUT2D eigenvalue weighted by atomic mass is 10.2. The highest BCUT2D eigenvalue weighted by molar-refractivity contribution is 7.89. The number of morpholine rings is 1. The summed E-state index contributed by atoms with van der Waals surface area (Å²) >= 11 is 0. The summed E-state index contributed by atoms with van der Waals surface area (Å²) in [4.78, 5) is 12.0. The molecule has 1 aliphatic heterocycles. The average Bonchev–Trinajstić information content (AvgIpc) is 2.81. The van der Waals surface area contributed by atoms with Gasteiger partial charge in [-0.15, -0.1) is 0 Å². The van der Waals surface area contributed by atoms with Crippen molar-refractivity contribution in [1.82, 2.24) is 9.62 Å². The van der Waals surface area contributed by atoms with Gasteiger partial charge in [0.05, 0.1) is 30.2 Å². The summed E-state index contributed by atoms with van der Waals surface area (Å²) in [7, 11) is -3.59. The van der Waals surface area contributed by atoms with Gasteiger partial charge in [0.1, 0.15) is 18.1 Å². The number of alkyl halides is 3. The van der Waals surface area contributed by atoms with E-state index in [1.807, 2.05) is 0 Å². The van der Waals surface area contributed by atoms with Crippen molar-refractivity contribution in [2.75, 3.05) is 46.1 Å². The first-order chi connectivity index (χ1) is 15.7. The molecule has 8 nitrogen and oxygen atoms in total. The fourth-order valence-electron chi connectivity index (χ4n) is 2.97. The molecule has 0 unspecified atom stereocenters. The number of benzene rings is 2. The van der Waals surface area contributed by atoms with E-state index in [4.69, 9.17) is 14.2 Å². The van der Waals surface area contributed by atoms with E-state index in [0.29, 0.717) is 32.1 Å². The molecular formula is C21H23F3N2O6S. The summed E-state index contributed by atoms with van der Waals surface area (Å²) < 4.78 is 80.3. The van der Waals surface area contributed by atoms with E-state index in [0.717, 1.165) is 12.1 Å². The van der Waals surface area contributed by atoms with Gasteiger partial charge in [0.2, 0.25) is 10.0 Å². The van der Waals surface area contributed by atoms with Crippen LogP contribution in [0.3, 0.4) is 0 Å². The van der Waals surface area contributed by atoms with E-state index in [1.165, 1.54) is 40.7 Å². The van der Waals surface area contributed by atoms with Gasteiger partial charge in [0.25, 0.3) is 5.91 Å². The summed E-state index contributed by atoms with van der Waals surface area (Å²) in [5.74, 6) is -0.170. The smallest absolute Gasteiger partial charge is 0.416 e. The van der Waals surface area contributed by atoms with Gasteiger partial charge >= 0.3 is 6.18 Å². The van der Waals surface area contributed by atoms with Gasteiger partial charge in [-0.2, -0.15) is 17.5 Å². The Hall–Kier alpha value is -2.83. The Bertz CT molecular complexity index is 1040. The first kappa shape index (κ1) is 24.8. The number of amides is 1. The van der Waals surface area contributed by atoms with Gasteiger partial charge in [-0.1, -0.05) is 6.07 Å². The second-order valence-electron chi connectivity index (χ2n) is 7.00. The molecule has 1 fully saturated rings. The van der Waals surface area contributed by atoms with Crippen LogP contribution in [0.5, 0.6) is 11.5 Å². The van der Waals surface area contributed by atoms with Crippen LogP contribution in [0.15, 0.2) is 53.4 Å². The number of nitrogens with one attached hydrogen (secondary N) is 1. The molecule has 0 atom stereocenters. The Morgan fingerprint density at radius 2 is 1.73 bits per heavy atom. The van der Waals surface area contributed by atoms with Gasteiger partial charge in [0.15, 0.2) is 6.61 Å². The molecule has 0 aliphatic carbocycles. The van der Waals surface area contributed by atoms with E-state index >= 15 is 0 Å². The first-order valence-corrected chi connectivity index (χ1v) is 11.5. The minimum Gasteiger partial charge on any atom is -0.492 e. The van der Waals surface area contributed by atoms with Crippen molar-refractivity contribution in [2.24, 2.45) is 0 Å². The van der Waals surface area contributed by atoms with Crippen molar-refractivity contribution in [3.63, 3.8) is 0 Å². The van der Waals surface area contributed by atoms with E-state index in [2.05, 4.69) is 5.32 Å². The van der Waals surface area contributed by atoms with Crippen LogP contribution in [0.25, 0.3) is 0 Å². The van der Waals surface area contributed by atoms with Gasteiger partial charge in [-0.05, 0) is 42.5 Å². The van der Waals surface area contributed by atoms with Gasteiger partial charge in [-0.25, -0.2) is 8.42 Å². The molecule has 1 amide bonds. The van der Waals surface area contributed by atoms with Crippen LogP contribution >= 0.6 is 0 Å². The molecule has 3 rings (SSSR count). The molecule has 1 aliphatic rings. The van der Waals surface area contributed by atoms with E-state index in [9.17, 15) is 26.4 Å². The minimum absolute atomic E-state index is 0.0663. The van der Waals surface area contributed by atoms with E-state index in [1.54, 1.807) is 0 Å². The third-order valence-corrected chi connectivity index (χ3v) is 6.57. The maximum absolute atomic E-state index is 12.7. The Morgan fingerprint density at radius 3 is 2.39 bits per heavy atom. The molecule has 2 aromatic carbocycles. The second-order valence-corrected chi connectivity index (χ2v) is 8.94. The SMILES string of the molecule is O=C(COc1cccc(C(F)(F)F)c1)NCCOc1ccc(S(=O)(=O)N2CCOCC2)cc1. The molecule has 1 N–H and O–H groups in total. The molecule has 2 aromatic rings. The number of sulfonamides is 1. The predicted molar refractivity (Wildman–Crippen MR) is 111 cm³/mol. The number of rotatable bonds is 9. The molecule has 12 heteroatoms. The summed E-state index contributed by atoms with van der Waals surface area (Å²) in [6.45, 7) is 1.10. The highest BCUT2D eigenvalue weighted by Gasteiger charge is 2.30. The molecule has 0 bridgehead atoms. The van der Waals surface area contributed by atoms with Crippen LogP contribution in [0.2, 0.25) is 0 Å². The average molecular weight is 488 g/mol. The standard InChI is InChI=1S/C21H23F3N2O6S/c22-21(23,24)16-2-1-3-18(14-16)32-15-20(27)25-8-11-31-17-4-6-19(7-5-17)33(28,29)26-9-12-30-13-10-26/h1-7,14H,8-13,15H2,(H,25,27). The zero-order valence-electron chi connectivity index (χ0n) is 17.5. The quantitative estimate of drug-likeness (QED) is 0.545. The van der Waals surface area contributed by atoms with Crippen LogP contribution in [0, 0.1) is 0 Å². The highest BCUT2D eigenvalue weighted by atomic mass is 32.2. The van der Waals surface area contributed by atoms with Crippen LogP contribution in [-0.2, 0) is 25.7 Å². The lowest BCUT2D eigenvalue weighted by Crippen LogP contribution is -2.40. The topological polar surface area (TPSA) is 94.2 Å². The molecule has 0 spiro atoms. The van der Waals surface area contributed by atoms with Crippen LogP contribution in [-0.4, -0.2) is 64.7 Å². The number of hydrogen-bond donors (Lipinski definition) is 1. The van der Waals surface area contributed by atoms with Crippen molar-refractivity contribution in [2.45, 2.75) is 11.1 Å². The maximum Gasteiger partial charge on any atom is 0.416 e. The van der Waals surface area contributed by atoms with Crippen molar-refractivity contribution < 1.29 is 40.6 Å². The molecule has 0 radical (unpaired) electrons. The fourth-order valence-corrected chi connectivity index (χ4v) is 4.37. The summed E-state index contributed by atoms with van der Waals surface area (Å²) in [5, 5.41) is 2.52. The van der Waals surface area contributed by atoms with Crippen LogP contribution in [0.1, 0.15) is 5.56 Å². The Morgan fingerprint density at radius 1 is 1.03 bits per heavy atom. The van der Waals surface area contributed by atoms with Crippen molar-refractivity contribution in [3.8, 4) is 11.5 Å². The highest BCUT2D eigenvalue weighted by Crippen LogP contribution is 2.31. The van der Waals surface area contributed by atoms with Gasteiger partial charge in [0, 0.05) is 13.1 Å². The zero-order valence-corrected chi connectivity index (χ0v) is 18.3. The van der Waals surface area contributed by atoms with E-state index < -0.39 is 34.3 Å². The number of ether oxygens (including phenoxy) is 3. The molecule has 1 heterocycles. The summed E-state index contributed by atoms with van der Waals surface area (Å²) in [5.41, 5.74) is -0.863. The second kappa shape index (κ2) is 10.9. The van der Waals surface area contributed by atoms with Crippen molar-refractivity contribution in [3.05, 3.63) is 54.1 Å². The number of carbonyl (C=O) groups excluding carboxylic acids is 1. The Labute approximate surface area is 189 Å². The lowest BCUT2D eigenvalue weighted by molar-refractivity contribution is -0.137. The number of nitrogens with zero attached hydrogens (tertiary/aromatic N) is 1. The van der Waals surface area contributed by atoms with Gasteiger partial charge in [-0.3, -0.25) is 4.79 Å². The molecular weight excluding hydrogens is 465 g/mol. The fraction of sp³-hybridized carbons (Fsp3) is 0.381. The lowest BCUT2D eigenvalue weighted by Gasteiger charge is -2.26. The minimum atomic E-state index is -4.50. The summed E-state index contributed by atoms with van der Waals surface area (Å²) in [6, 6.07) is 10.2. The number of halogens is 3. The Balaban J connectivity index is 1.39. The van der Waals surface area contributed by atoms with Crippen LogP contribution < -0.4 is 14.8 Å². The zero-order chi connectivity index (χ0) is 23.9. The molecule has 180 valence electrons. The van der Waals surface area contributed by atoms with Crippen LogP contribution in [0.4, 0.5) is 13.2 Å². The Kier molecular flexibility index (Phi) is 8.16. The maximum atomic E-state index is 12.7.